The largest absolute Gasteiger partial charge is 0.379 e. The number of rotatable bonds is 32. The summed E-state index contributed by atoms with van der Waals surface area (Å²) < 4.78 is 25.4. The SMILES string of the molecule is CCCCC/C=C\C/C=C\CCCCCCCCOCC(CN1CCCC[C@H]1C)OCCOCCO[C@H]1CC[C@@]2(C)C(CCC3C2CC[C@@]2(C)C3CC[C@@H]2[C@H](C)CCCC(C)C)C1. The molecule has 0 amide bonds. The number of likely N-dealkylation sites (tertiary alicyclic amines) is 1. The Morgan fingerprint density at radius 3 is 2.16 bits per heavy atom. The molecule has 5 heteroatoms. The quantitative estimate of drug-likeness (QED) is 0.0497. The smallest absolute Gasteiger partial charge is 0.0936 e. The molecule has 0 radical (unpaired) electrons. The van der Waals surface area contributed by atoms with Crippen molar-refractivity contribution in [3.63, 3.8) is 0 Å². The van der Waals surface area contributed by atoms with Crippen molar-refractivity contribution in [1.82, 2.24) is 4.90 Å². The summed E-state index contributed by atoms with van der Waals surface area (Å²) in [6, 6.07) is 0.634. The minimum absolute atomic E-state index is 0.109. The second-order valence-corrected chi connectivity index (χ2v) is 23.1. The maximum Gasteiger partial charge on any atom is 0.0936 e. The van der Waals surface area contributed by atoms with Crippen LogP contribution in [-0.2, 0) is 18.9 Å². The highest BCUT2D eigenvalue weighted by atomic mass is 16.6. The van der Waals surface area contributed by atoms with Crippen LogP contribution in [0.2, 0.25) is 0 Å². The first-order valence-electron chi connectivity index (χ1n) is 28.1. The third kappa shape index (κ3) is 17.1. The molecule has 0 spiro atoms. The molecule has 0 aromatic carbocycles. The monoisotopic (exact) mass is 880 g/mol. The molecule has 63 heavy (non-hydrogen) atoms. The number of ether oxygens (including phenoxy) is 4. The first-order chi connectivity index (χ1) is 30.7. The lowest BCUT2D eigenvalue weighted by Gasteiger charge is -2.61. The van der Waals surface area contributed by atoms with E-state index in [1.165, 1.54) is 167 Å². The van der Waals surface area contributed by atoms with Crippen LogP contribution in [0.5, 0.6) is 0 Å². The summed E-state index contributed by atoms with van der Waals surface area (Å²) >= 11 is 0. The number of piperidine rings is 1. The van der Waals surface area contributed by atoms with Crippen LogP contribution < -0.4 is 0 Å². The van der Waals surface area contributed by atoms with Crippen LogP contribution >= 0.6 is 0 Å². The van der Waals surface area contributed by atoms with Gasteiger partial charge in [-0.05, 0) is 175 Å². The number of fused-ring (bicyclic) bond motifs is 5. The van der Waals surface area contributed by atoms with Crippen molar-refractivity contribution in [1.29, 1.82) is 0 Å². The summed E-state index contributed by atoms with van der Waals surface area (Å²) in [6.45, 7) is 23.9. The van der Waals surface area contributed by atoms with E-state index >= 15 is 0 Å². The van der Waals surface area contributed by atoms with Gasteiger partial charge in [-0.1, -0.05) is 130 Å². The molecule has 4 saturated carbocycles. The average molecular weight is 880 g/mol. The molecule has 0 aromatic rings. The van der Waals surface area contributed by atoms with E-state index in [1.54, 1.807) is 0 Å². The first-order valence-corrected chi connectivity index (χ1v) is 28.1. The normalized spacial score (nSPS) is 32.3. The molecule has 4 aliphatic carbocycles. The van der Waals surface area contributed by atoms with Gasteiger partial charge in [-0.2, -0.15) is 0 Å². The zero-order chi connectivity index (χ0) is 44.8. The predicted octanol–water partition coefficient (Wildman–Crippen LogP) is 15.6. The van der Waals surface area contributed by atoms with Crippen LogP contribution in [-0.4, -0.2) is 75.9 Å². The fourth-order valence-corrected chi connectivity index (χ4v) is 14.3. The van der Waals surface area contributed by atoms with Crippen LogP contribution in [0, 0.1) is 52.3 Å². The van der Waals surface area contributed by atoms with Gasteiger partial charge in [-0.3, -0.25) is 4.90 Å². The number of allylic oxidation sites excluding steroid dienone is 4. The fraction of sp³-hybridized carbons (Fsp3) is 0.931. The van der Waals surface area contributed by atoms with Crippen LogP contribution in [0.25, 0.3) is 0 Å². The van der Waals surface area contributed by atoms with Crippen LogP contribution in [0.3, 0.4) is 0 Å². The second kappa shape index (κ2) is 29.2. The van der Waals surface area contributed by atoms with E-state index in [1.807, 2.05) is 0 Å². The zero-order valence-corrected chi connectivity index (χ0v) is 42.9. The molecule has 0 aromatic heterocycles. The van der Waals surface area contributed by atoms with Gasteiger partial charge in [-0.15, -0.1) is 0 Å². The predicted molar refractivity (Wildman–Crippen MR) is 268 cm³/mol. The minimum Gasteiger partial charge on any atom is -0.379 e. The molecule has 0 N–H and O–H groups in total. The van der Waals surface area contributed by atoms with E-state index in [9.17, 15) is 0 Å². The molecule has 5 rings (SSSR count). The fourth-order valence-electron chi connectivity index (χ4n) is 14.3. The topological polar surface area (TPSA) is 40.2 Å². The molecule has 366 valence electrons. The summed E-state index contributed by atoms with van der Waals surface area (Å²) in [5, 5.41) is 0. The summed E-state index contributed by atoms with van der Waals surface area (Å²) in [6.07, 6.45) is 46.2. The number of nitrogens with zero attached hydrogens (tertiary/aromatic N) is 1. The highest BCUT2D eigenvalue weighted by Crippen LogP contribution is 2.68. The average Bonchev–Trinajstić information content (AvgIpc) is 3.63. The van der Waals surface area contributed by atoms with Crippen molar-refractivity contribution < 1.29 is 18.9 Å². The third-order valence-electron chi connectivity index (χ3n) is 18.2. The van der Waals surface area contributed by atoms with Crippen LogP contribution in [0.1, 0.15) is 222 Å². The Hall–Kier alpha value is -0.720. The summed E-state index contributed by atoms with van der Waals surface area (Å²) in [4.78, 5) is 2.63. The molecular weight excluding hydrogens is 775 g/mol. The number of hydrogen-bond donors (Lipinski definition) is 0. The number of unbranched alkanes of at least 4 members (excludes halogenated alkanes) is 9. The van der Waals surface area contributed by atoms with E-state index in [-0.39, 0.29) is 6.10 Å². The van der Waals surface area contributed by atoms with Gasteiger partial charge in [-0.25, -0.2) is 0 Å². The maximum absolute atomic E-state index is 6.57. The molecule has 11 atom stereocenters. The van der Waals surface area contributed by atoms with Crippen molar-refractivity contribution in [3.05, 3.63) is 24.3 Å². The second-order valence-electron chi connectivity index (χ2n) is 23.1. The third-order valence-corrected chi connectivity index (χ3v) is 18.2. The summed E-state index contributed by atoms with van der Waals surface area (Å²) in [7, 11) is 0. The Kier molecular flexibility index (Phi) is 24.7. The Bertz CT molecular complexity index is 1250. The summed E-state index contributed by atoms with van der Waals surface area (Å²) in [5.74, 6) is 6.43. The van der Waals surface area contributed by atoms with Crippen molar-refractivity contribution in [3.8, 4) is 0 Å². The summed E-state index contributed by atoms with van der Waals surface area (Å²) in [5.41, 5.74) is 1.11. The Morgan fingerprint density at radius 1 is 0.651 bits per heavy atom. The Labute approximate surface area is 391 Å². The van der Waals surface area contributed by atoms with Gasteiger partial charge >= 0.3 is 0 Å². The van der Waals surface area contributed by atoms with Gasteiger partial charge in [0.2, 0.25) is 0 Å². The zero-order valence-electron chi connectivity index (χ0n) is 42.9. The molecule has 5 nitrogen and oxygen atoms in total. The van der Waals surface area contributed by atoms with E-state index in [4.69, 9.17) is 18.9 Å². The van der Waals surface area contributed by atoms with Crippen LogP contribution in [0.15, 0.2) is 24.3 Å². The molecular formula is C58H105NO4. The van der Waals surface area contributed by atoms with Crippen molar-refractivity contribution in [2.24, 2.45) is 52.3 Å². The van der Waals surface area contributed by atoms with Gasteiger partial charge < -0.3 is 18.9 Å². The lowest BCUT2D eigenvalue weighted by atomic mass is 9.44. The Morgan fingerprint density at radius 2 is 1.38 bits per heavy atom. The van der Waals surface area contributed by atoms with Crippen molar-refractivity contribution in [2.45, 2.75) is 240 Å². The van der Waals surface area contributed by atoms with Gasteiger partial charge in [0.05, 0.1) is 45.2 Å². The Balaban J connectivity index is 0.913. The van der Waals surface area contributed by atoms with E-state index in [2.05, 4.69) is 77.7 Å². The molecule has 5 unspecified atom stereocenters. The van der Waals surface area contributed by atoms with Crippen molar-refractivity contribution >= 4 is 0 Å². The van der Waals surface area contributed by atoms with Gasteiger partial charge in [0.15, 0.2) is 0 Å². The number of hydrogen-bond acceptors (Lipinski definition) is 5. The molecule has 1 aliphatic heterocycles. The standard InChI is InChI=1S/C58H105NO4/c1-8-9-10-11-12-13-14-15-16-17-18-19-20-21-22-25-39-61-46-52(45-59-38-24-23-29-49(59)5)63-43-41-60-40-42-62-51-34-36-57(6)50(44-51)30-31-53-55-33-32-54(48(4)28-26-27-47(2)3)58(55,7)37-35-56(53)57/h12-13,15-16,47-56H,8-11,14,17-46H2,1-7H3/b13-12-,16-15-/t48-,49-,50?,51+,52?,53?,54-,55?,56?,57+,58-/m1/s1. The molecule has 1 heterocycles. The van der Waals surface area contributed by atoms with Gasteiger partial charge in [0, 0.05) is 19.2 Å². The molecule has 0 bridgehead atoms. The highest BCUT2D eigenvalue weighted by molar-refractivity contribution is 5.10. The lowest BCUT2D eigenvalue weighted by molar-refractivity contribution is -0.139. The van der Waals surface area contributed by atoms with Gasteiger partial charge in [0.25, 0.3) is 0 Å². The lowest BCUT2D eigenvalue weighted by Crippen LogP contribution is -2.54. The van der Waals surface area contributed by atoms with E-state index in [0.29, 0.717) is 56.0 Å². The first kappa shape index (κ1) is 53.2. The van der Waals surface area contributed by atoms with Crippen molar-refractivity contribution in [2.75, 3.05) is 52.7 Å². The molecule has 1 saturated heterocycles. The van der Waals surface area contributed by atoms with Gasteiger partial charge in [0.1, 0.15) is 0 Å². The maximum atomic E-state index is 6.57. The van der Waals surface area contributed by atoms with Crippen LogP contribution in [0.4, 0.5) is 0 Å². The minimum atomic E-state index is 0.109. The van der Waals surface area contributed by atoms with E-state index in [0.717, 1.165) is 67.4 Å². The molecule has 5 fully saturated rings. The molecule has 5 aliphatic rings. The van der Waals surface area contributed by atoms with E-state index < -0.39 is 0 Å². The highest BCUT2D eigenvalue weighted by Gasteiger charge is 2.60.